The predicted octanol–water partition coefficient (Wildman–Crippen LogP) is 5.44. The third kappa shape index (κ3) is 11.8. The Morgan fingerprint density at radius 3 is 2.04 bits per heavy atom. The second-order valence-electron chi connectivity index (χ2n) is 5.51. The van der Waals surface area contributed by atoms with Crippen LogP contribution in [0.5, 0.6) is 0 Å². The van der Waals surface area contributed by atoms with Crippen molar-refractivity contribution in [2.45, 2.75) is 51.4 Å². The van der Waals surface area contributed by atoms with Crippen LogP contribution in [0.2, 0.25) is 0 Å². The first-order valence-electron chi connectivity index (χ1n) is 8.37. The second kappa shape index (κ2) is 15.5. The quantitative estimate of drug-likeness (QED) is 0.191. The maximum atomic E-state index is 11.7. The van der Waals surface area contributed by atoms with Crippen LogP contribution in [-0.4, -0.2) is 0 Å². The van der Waals surface area contributed by atoms with Gasteiger partial charge in [0.15, 0.2) is 0 Å². The number of hydrogen-bond donors (Lipinski definition) is 0. The molecule has 0 radical (unpaired) electrons. The maximum absolute atomic E-state index is 11.7. The van der Waals surface area contributed by atoms with Crippen molar-refractivity contribution in [2.75, 3.05) is 0 Å². The molecule has 0 amide bonds. The van der Waals surface area contributed by atoms with E-state index in [4.69, 9.17) is 0 Å². The van der Waals surface area contributed by atoms with Gasteiger partial charge in [0.25, 0.3) is 0 Å². The molecule has 0 saturated carbocycles. The minimum atomic E-state index is 0. The van der Waals surface area contributed by atoms with Gasteiger partial charge in [-0.3, -0.25) is 0 Å². The number of allylic oxidation sites excluding steroid dienone is 7. The van der Waals surface area contributed by atoms with E-state index in [0.717, 1.165) is 18.4 Å². The summed E-state index contributed by atoms with van der Waals surface area (Å²) < 4.78 is 0. The molecule has 23 heavy (non-hydrogen) atoms. The normalized spacial score (nSPS) is 11.6. The van der Waals surface area contributed by atoms with Crippen molar-refractivity contribution in [3.05, 3.63) is 78.6 Å². The molecular formula is C21H28FeO. The molecular weight excluding hydrogens is 324 g/mol. The van der Waals surface area contributed by atoms with E-state index in [2.05, 4.69) is 6.58 Å². The summed E-state index contributed by atoms with van der Waals surface area (Å²) in [5.41, 5.74) is 0.871. The van der Waals surface area contributed by atoms with Crippen molar-refractivity contribution < 1.29 is 22.2 Å². The Labute approximate surface area is 152 Å². The average molecular weight is 352 g/mol. The fraction of sp³-hybridized carbons (Fsp3) is 0.381. The Morgan fingerprint density at radius 2 is 1.52 bits per heavy atom. The van der Waals surface area contributed by atoms with Crippen LogP contribution in [0, 0.1) is 0 Å². The Kier molecular flexibility index (Phi) is 14.6. The predicted molar refractivity (Wildman–Crippen MR) is 94.5 cm³/mol. The monoisotopic (exact) mass is 352 g/mol. The Bertz CT molecular complexity index is 435. The van der Waals surface area contributed by atoms with Crippen LogP contribution in [0.25, 0.3) is 0 Å². The van der Waals surface area contributed by atoms with Crippen molar-refractivity contribution in [2.24, 2.45) is 0 Å². The SMILES string of the molecule is C=CCCCCCCCCC([O-])=C1C=CC=C1.[Fe+2].c1cc[cH-]c1. The minimum absolute atomic E-state index is 0. The van der Waals surface area contributed by atoms with Crippen LogP contribution in [0.15, 0.2) is 78.6 Å². The molecule has 0 spiro atoms. The average Bonchev–Trinajstić information content (AvgIpc) is 3.25. The van der Waals surface area contributed by atoms with E-state index < -0.39 is 0 Å². The smallest absolute Gasteiger partial charge is 0.875 e. The van der Waals surface area contributed by atoms with E-state index in [1.807, 2.05) is 60.7 Å². The third-order valence-corrected chi connectivity index (χ3v) is 3.60. The molecule has 2 rings (SSSR count). The van der Waals surface area contributed by atoms with Gasteiger partial charge in [0.2, 0.25) is 0 Å². The summed E-state index contributed by atoms with van der Waals surface area (Å²) in [7, 11) is 0. The number of unbranched alkanes of at least 4 members (excludes halogenated alkanes) is 6. The van der Waals surface area contributed by atoms with E-state index in [9.17, 15) is 5.11 Å². The van der Waals surface area contributed by atoms with Gasteiger partial charge < -0.3 is 5.11 Å². The van der Waals surface area contributed by atoms with E-state index in [0.29, 0.717) is 12.2 Å². The zero-order valence-electron chi connectivity index (χ0n) is 13.9. The van der Waals surface area contributed by atoms with Crippen molar-refractivity contribution in [1.29, 1.82) is 0 Å². The van der Waals surface area contributed by atoms with E-state index >= 15 is 0 Å². The summed E-state index contributed by atoms with van der Waals surface area (Å²) in [6.07, 6.45) is 18.8. The van der Waals surface area contributed by atoms with Crippen LogP contribution in [0.4, 0.5) is 0 Å². The first-order valence-corrected chi connectivity index (χ1v) is 8.37. The van der Waals surface area contributed by atoms with Gasteiger partial charge in [0, 0.05) is 0 Å². The van der Waals surface area contributed by atoms with Crippen molar-refractivity contribution in [3.63, 3.8) is 0 Å². The molecule has 0 aromatic heterocycles. The molecule has 1 nitrogen and oxygen atoms in total. The molecule has 0 saturated heterocycles. The molecule has 2 heteroatoms. The van der Waals surface area contributed by atoms with E-state index in [1.54, 1.807) is 0 Å². The van der Waals surface area contributed by atoms with Crippen LogP contribution >= 0.6 is 0 Å². The summed E-state index contributed by atoms with van der Waals surface area (Å²) in [5.74, 6) is 0.293. The molecule has 0 fully saturated rings. The second-order valence-corrected chi connectivity index (χ2v) is 5.51. The molecule has 1 aromatic rings. The summed E-state index contributed by atoms with van der Waals surface area (Å²) in [6, 6.07) is 10.0. The van der Waals surface area contributed by atoms with Gasteiger partial charge in [0.05, 0.1) is 0 Å². The van der Waals surface area contributed by atoms with Crippen LogP contribution in [-0.2, 0) is 17.1 Å². The van der Waals surface area contributed by atoms with Gasteiger partial charge in [-0.15, -0.1) is 12.3 Å². The summed E-state index contributed by atoms with van der Waals surface area (Å²) >= 11 is 0. The summed E-state index contributed by atoms with van der Waals surface area (Å²) in [6.45, 7) is 3.71. The van der Waals surface area contributed by atoms with Gasteiger partial charge in [-0.05, 0) is 24.8 Å². The van der Waals surface area contributed by atoms with Gasteiger partial charge >= 0.3 is 17.1 Å². The molecule has 0 unspecified atom stereocenters. The van der Waals surface area contributed by atoms with Gasteiger partial charge in [0.1, 0.15) is 0 Å². The number of rotatable bonds is 9. The van der Waals surface area contributed by atoms with Crippen LogP contribution in [0.3, 0.4) is 0 Å². The topological polar surface area (TPSA) is 23.1 Å². The fourth-order valence-electron chi connectivity index (χ4n) is 2.31. The largest absolute Gasteiger partial charge is 2.00 e. The molecule has 1 aromatic carbocycles. The maximum Gasteiger partial charge on any atom is 2.00 e. The molecule has 0 atom stereocenters. The van der Waals surface area contributed by atoms with E-state index in [1.165, 1.54) is 32.1 Å². The minimum Gasteiger partial charge on any atom is -0.875 e. The summed E-state index contributed by atoms with van der Waals surface area (Å²) in [4.78, 5) is 0. The van der Waals surface area contributed by atoms with Gasteiger partial charge in [-0.2, -0.15) is 18.2 Å². The first kappa shape index (κ1) is 21.6. The Balaban J connectivity index is 0.000000684. The van der Waals surface area contributed by atoms with Crippen molar-refractivity contribution >= 4 is 0 Å². The van der Waals surface area contributed by atoms with E-state index in [-0.39, 0.29) is 17.1 Å². The van der Waals surface area contributed by atoms with Crippen molar-refractivity contribution in [1.82, 2.24) is 0 Å². The van der Waals surface area contributed by atoms with Gasteiger partial charge in [-0.1, -0.05) is 62.5 Å². The van der Waals surface area contributed by atoms with Gasteiger partial charge in [-0.25, -0.2) is 12.1 Å². The zero-order valence-corrected chi connectivity index (χ0v) is 15.0. The first-order chi connectivity index (χ1) is 10.8. The molecule has 0 aliphatic heterocycles. The van der Waals surface area contributed by atoms with Crippen molar-refractivity contribution in [3.8, 4) is 0 Å². The zero-order chi connectivity index (χ0) is 15.9. The molecule has 0 N–H and O–H groups in total. The Hall–Kier alpha value is -1.37. The number of hydrogen-bond acceptors (Lipinski definition) is 1. The molecule has 126 valence electrons. The standard InChI is InChI=1S/C16H24O.C5H5.Fe/c1-2-3-4-5-6-7-8-9-14-16(17)15-12-10-11-13-15;1-2-4-5-3-1;/h2,10-13,17H,1,3-9,14H2;1-5H;/q;-1;+2/p-1. The van der Waals surface area contributed by atoms with Crippen LogP contribution in [0.1, 0.15) is 51.4 Å². The molecule has 1 aliphatic carbocycles. The third-order valence-electron chi connectivity index (χ3n) is 3.60. The molecule has 0 bridgehead atoms. The molecule has 0 heterocycles. The fourth-order valence-corrected chi connectivity index (χ4v) is 2.31. The Morgan fingerprint density at radius 1 is 0.957 bits per heavy atom. The van der Waals surface area contributed by atoms with Crippen LogP contribution < -0.4 is 5.11 Å². The summed E-state index contributed by atoms with van der Waals surface area (Å²) in [5, 5.41) is 11.7. The molecule has 1 aliphatic rings.